The van der Waals surface area contributed by atoms with Gasteiger partial charge < -0.3 is 9.67 Å². The van der Waals surface area contributed by atoms with Crippen LogP contribution in [0, 0.1) is 0 Å². The summed E-state index contributed by atoms with van der Waals surface area (Å²) >= 11 is 0. The van der Waals surface area contributed by atoms with Crippen molar-refractivity contribution in [1.29, 1.82) is 0 Å². The highest BCUT2D eigenvalue weighted by atomic mass is 32.2. The third-order valence-corrected chi connectivity index (χ3v) is 5.39. The number of imidazole rings is 1. The van der Waals surface area contributed by atoms with Gasteiger partial charge in [0, 0.05) is 25.8 Å². The molecule has 1 saturated carbocycles. The largest absolute Gasteiger partial charge is 0.395 e. The second-order valence-corrected chi connectivity index (χ2v) is 6.85. The van der Waals surface area contributed by atoms with E-state index in [1.807, 2.05) is 0 Å². The van der Waals surface area contributed by atoms with E-state index in [-0.39, 0.29) is 24.2 Å². The van der Waals surface area contributed by atoms with Gasteiger partial charge >= 0.3 is 0 Å². The third kappa shape index (κ3) is 3.16. The van der Waals surface area contributed by atoms with Crippen LogP contribution >= 0.6 is 0 Å². The number of aliphatic hydroxyl groups excluding tert-OH is 1. The van der Waals surface area contributed by atoms with E-state index in [1.165, 1.54) is 16.8 Å². The maximum absolute atomic E-state index is 12.6. The summed E-state index contributed by atoms with van der Waals surface area (Å²) in [5.41, 5.74) is 0. The fraction of sp³-hybridized carbons (Fsp3) is 0.750. The summed E-state index contributed by atoms with van der Waals surface area (Å²) in [5.74, 6) is 0. The molecule has 1 aliphatic carbocycles. The Kier molecular flexibility index (Phi) is 4.59. The van der Waals surface area contributed by atoms with Crippen LogP contribution in [0.3, 0.4) is 0 Å². The van der Waals surface area contributed by atoms with Gasteiger partial charge in [0.05, 0.1) is 12.9 Å². The Morgan fingerprint density at radius 3 is 2.63 bits per heavy atom. The van der Waals surface area contributed by atoms with Crippen LogP contribution in [0.25, 0.3) is 0 Å². The summed E-state index contributed by atoms with van der Waals surface area (Å²) in [6, 6.07) is -0.00657. The molecule has 0 aliphatic heterocycles. The van der Waals surface area contributed by atoms with Crippen molar-refractivity contribution in [2.75, 3.05) is 13.2 Å². The quantitative estimate of drug-likeness (QED) is 0.866. The SMILES string of the molecule is Cn1cnc(S(=O)(=O)N(CCO)C2CCCCC2)c1. The Morgan fingerprint density at radius 1 is 1.42 bits per heavy atom. The summed E-state index contributed by atoms with van der Waals surface area (Å²) in [7, 11) is -1.86. The Bertz CT molecular complexity index is 506. The number of hydrogen-bond donors (Lipinski definition) is 1. The van der Waals surface area contributed by atoms with Crippen LogP contribution in [0.5, 0.6) is 0 Å². The molecule has 0 bridgehead atoms. The Labute approximate surface area is 114 Å². The van der Waals surface area contributed by atoms with Crippen molar-refractivity contribution in [3.8, 4) is 0 Å². The zero-order chi connectivity index (χ0) is 13.9. The molecule has 0 atom stereocenters. The first-order valence-corrected chi connectivity index (χ1v) is 8.10. The van der Waals surface area contributed by atoms with E-state index in [9.17, 15) is 8.42 Å². The van der Waals surface area contributed by atoms with Crippen LogP contribution in [0.4, 0.5) is 0 Å². The van der Waals surface area contributed by atoms with Crippen molar-refractivity contribution >= 4 is 10.0 Å². The molecule has 0 amide bonds. The number of rotatable bonds is 5. The number of aliphatic hydroxyl groups is 1. The van der Waals surface area contributed by atoms with E-state index >= 15 is 0 Å². The molecule has 0 saturated heterocycles. The molecular formula is C12H21N3O3S. The lowest BCUT2D eigenvalue weighted by Gasteiger charge is -2.32. The van der Waals surface area contributed by atoms with Gasteiger partial charge in [0.1, 0.15) is 0 Å². The van der Waals surface area contributed by atoms with Gasteiger partial charge in [-0.2, -0.15) is 4.31 Å². The molecule has 7 heteroatoms. The second-order valence-electron chi connectivity index (χ2n) is 5.01. The maximum atomic E-state index is 12.6. The van der Waals surface area contributed by atoms with Gasteiger partial charge in [-0.05, 0) is 12.8 Å². The first-order chi connectivity index (χ1) is 9.05. The topological polar surface area (TPSA) is 75.4 Å². The summed E-state index contributed by atoms with van der Waals surface area (Å²) in [5, 5.41) is 9.21. The lowest BCUT2D eigenvalue weighted by atomic mass is 9.95. The van der Waals surface area contributed by atoms with Crippen LogP contribution in [0.15, 0.2) is 17.6 Å². The smallest absolute Gasteiger partial charge is 0.262 e. The normalized spacial score (nSPS) is 18.1. The van der Waals surface area contributed by atoms with Crippen molar-refractivity contribution in [2.45, 2.75) is 43.2 Å². The average Bonchev–Trinajstić information content (AvgIpc) is 2.84. The molecule has 0 radical (unpaired) electrons. The predicted molar refractivity (Wildman–Crippen MR) is 71.1 cm³/mol. The second kappa shape index (κ2) is 6.02. The van der Waals surface area contributed by atoms with Crippen molar-refractivity contribution in [1.82, 2.24) is 13.9 Å². The average molecular weight is 287 g/mol. The number of aryl methyl sites for hydroxylation is 1. The molecule has 1 aliphatic rings. The Balaban J connectivity index is 2.26. The van der Waals surface area contributed by atoms with Gasteiger partial charge in [0.25, 0.3) is 10.0 Å². The molecule has 0 spiro atoms. The number of sulfonamides is 1. The maximum Gasteiger partial charge on any atom is 0.262 e. The first-order valence-electron chi connectivity index (χ1n) is 6.66. The first kappa shape index (κ1) is 14.5. The van der Waals surface area contributed by atoms with E-state index in [4.69, 9.17) is 5.11 Å². The standard InChI is InChI=1S/C12H21N3O3S/c1-14-9-12(13-10-14)19(17,18)15(7-8-16)11-5-3-2-4-6-11/h9-11,16H,2-8H2,1H3. The molecule has 6 nitrogen and oxygen atoms in total. The van der Waals surface area contributed by atoms with Gasteiger partial charge in [-0.15, -0.1) is 0 Å². The van der Waals surface area contributed by atoms with Gasteiger partial charge in [-0.3, -0.25) is 0 Å². The highest BCUT2D eigenvalue weighted by molar-refractivity contribution is 7.89. The summed E-state index contributed by atoms with van der Waals surface area (Å²) < 4.78 is 28.2. The molecule has 108 valence electrons. The predicted octanol–water partition coefficient (Wildman–Crippen LogP) is 0.736. The van der Waals surface area contributed by atoms with E-state index in [1.54, 1.807) is 11.6 Å². The zero-order valence-corrected chi connectivity index (χ0v) is 12.0. The van der Waals surface area contributed by atoms with Gasteiger partial charge in [0.15, 0.2) is 5.03 Å². The van der Waals surface area contributed by atoms with Gasteiger partial charge in [-0.25, -0.2) is 13.4 Å². The zero-order valence-electron chi connectivity index (χ0n) is 11.2. The highest BCUT2D eigenvalue weighted by Gasteiger charge is 2.33. The Hall–Kier alpha value is -0.920. The molecule has 1 N–H and O–H groups in total. The molecule has 0 unspecified atom stereocenters. The molecule has 1 fully saturated rings. The van der Waals surface area contributed by atoms with Crippen molar-refractivity contribution < 1.29 is 13.5 Å². The fourth-order valence-corrected chi connectivity index (χ4v) is 4.25. The van der Waals surface area contributed by atoms with Crippen LogP contribution in [-0.4, -0.2) is 46.6 Å². The molecular weight excluding hydrogens is 266 g/mol. The molecule has 2 rings (SSSR count). The van der Waals surface area contributed by atoms with Crippen LogP contribution < -0.4 is 0 Å². The monoisotopic (exact) mass is 287 g/mol. The molecule has 1 aromatic heterocycles. The van der Waals surface area contributed by atoms with Crippen molar-refractivity contribution in [2.24, 2.45) is 7.05 Å². The summed E-state index contributed by atoms with van der Waals surface area (Å²) in [4.78, 5) is 3.94. The minimum absolute atomic E-state index is 0.00657. The number of hydrogen-bond acceptors (Lipinski definition) is 4. The van der Waals surface area contributed by atoms with E-state index in [0.29, 0.717) is 0 Å². The summed E-state index contributed by atoms with van der Waals surface area (Å²) in [6.45, 7) is -0.0217. The minimum Gasteiger partial charge on any atom is -0.395 e. The minimum atomic E-state index is -3.60. The van der Waals surface area contributed by atoms with Crippen molar-refractivity contribution in [3.63, 3.8) is 0 Å². The van der Waals surface area contributed by atoms with Gasteiger partial charge in [-0.1, -0.05) is 19.3 Å². The number of nitrogens with zero attached hydrogens (tertiary/aromatic N) is 3. The van der Waals surface area contributed by atoms with E-state index in [2.05, 4.69) is 4.98 Å². The lowest BCUT2D eigenvalue weighted by molar-refractivity contribution is 0.199. The molecule has 1 aromatic rings. The van der Waals surface area contributed by atoms with E-state index in [0.717, 1.165) is 32.1 Å². The lowest BCUT2D eigenvalue weighted by Crippen LogP contribution is -2.43. The number of aromatic nitrogens is 2. The molecule has 1 heterocycles. The molecule has 19 heavy (non-hydrogen) atoms. The Morgan fingerprint density at radius 2 is 2.11 bits per heavy atom. The van der Waals surface area contributed by atoms with Crippen LogP contribution in [0.2, 0.25) is 0 Å². The van der Waals surface area contributed by atoms with Crippen LogP contribution in [0.1, 0.15) is 32.1 Å². The van der Waals surface area contributed by atoms with E-state index < -0.39 is 10.0 Å². The summed E-state index contributed by atoms with van der Waals surface area (Å²) in [6.07, 6.45) is 7.97. The fourth-order valence-electron chi connectivity index (χ4n) is 2.61. The molecule has 0 aromatic carbocycles. The third-order valence-electron chi connectivity index (χ3n) is 3.56. The van der Waals surface area contributed by atoms with Crippen molar-refractivity contribution in [3.05, 3.63) is 12.5 Å². The van der Waals surface area contributed by atoms with Gasteiger partial charge in [0.2, 0.25) is 0 Å². The van der Waals surface area contributed by atoms with Crippen LogP contribution in [-0.2, 0) is 17.1 Å². The highest BCUT2D eigenvalue weighted by Crippen LogP contribution is 2.26.